The van der Waals surface area contributed by atoms with E-state index in [2.05, 4.69) is 38.5 Å². The van der Waals surface area contributed by atoms with Gasteiger partial charge < -0.3 is 5.11 Å². The quantitative estimate of drug-likeness (QED) is 0.718. The van der Waals surface area contributed by atoms with Crippen molar-refractivity contribution in [3.63, 3.8) is 0 Å². The maximum Gasteiger partial charge on any atom is 0.112 e. The Bertz CT molecular complexity index is 551. The predicted octanol–water partition coefficient (Wildman–Crippen LogP) is 4.76. The van der Waals surface area contributed by atoms with Crippen molar-refractivity contribution in [3.05, 3.63) is 73.8 Å². The van der Waals surface area contributed by atoms with Crippen LogP contribution in [0.25, 0.3) is 6.08 Å². The van der Waals surface area contributed by atoms with Crippen molar-refractivity contribution in [2.75, 3.05) is 0 Å². The normalized spacial score (nSPS) is 13.4. The first kappa shape index (κ1) is 13.8. The van der Waals surface area contributed by atoms with E-state index in [0.29, 0.717) is 0 Å². The number of aliphatic hydroxyl groups excluding tert-OH is 1. The Labute approximate surface area is 129 Å². The summed E-state index contributed by atoms with van der Waals surface area (Å²) < 4.78 is 1.82. The van der Waals surface area contributed by atoms with Crippen molar-refractivity contribution in [1.82, 2.24) is 0 Å². The first-order valence-corrected chi connectivity index (χ1v) is 7.40. The van der Waals surface area contributed by atoms with Crippen LogP contribution in [0.15, 0.2) is 59.1 Å². The lowest BCUT2D eigenvalue weighted by Gasteiger charge is -2.12. The smallest absolute Gasteiger partial charge is 0.112 e. The number of halogens is 2. The molecule has 0 amide bonds. The summed E-state index contributed by atoms with van der Waals surface area (Å²) in [5.41, 5.74) is 1.98. The number of hydrogen-bond acceptors (Lipinski definition) is 1. The average Bonchev–Trinajstić information content (AvgIpc) is 2.39. The molecule has 2 aromatic carbocycles. The van der Waals surface area contributed by atoms with Crippen LogP contribution >= 0.6 is 38.5 Å². The van der Waals surface area contributed by atoms with Crippen LogP contribution in [0, 0.1) is 3.57 Å². The summed E-state index contributed by atoms with van der Waals surface area (Å²) in [7, 11) is 0. The van der Waals surface area contributed by atoms with Crippen molar-refractivity contribution in [2.24, 2.45) is 0 Å². The molecule has 0 heterocycles. The second kappa shape index (κ2) is 6.50. The summed E-state index contributed by atoms with van der Waals surface area (Å²) >= 11 is 5.69. The highest BCUT2D eigenvalue weighted by molar-refractivity contribution is 14.1. The Kier molecular flexibility index (Phi) is 4.97. The highest BCUT2D eigenvalue weighted by Gasteiger charge is 2.13. The third-order valence-electron chi connectivity index (χ3n) is 2.57. The minimum absolute atomic E-state index is 0.627. The van der Waals surface area contributed by atoms with Gasteiger partial charge in [0, 0.05) is 8.05 Å². The minimum atomic E-state index is -0.627. The van der Waals surface area contributed by atoms with Crippen LogP contribution < -0.4 is 0 Å². The van der Waals surface area contributed by atoms with Crippen molar-refractivity contribution in [3.8, 4) is 0 Å². The van der Waals surface area contributed by atoms with Crippen LogP contribution in [0.4, 0.5) is 0 Å². The Morgan fingerprint density at radius 3 is 2.33 bits per heavy atom. The van der Waals surface area contributed by atoms with Crippen LogP contribution in [0.3, 0.4) is 0 Å². The van der Waals surface area contributed by atoms with E-state index in [1.165, 1.54) is 0 Å². The van der Waals surface area contributed by atoms with Gasteiger partial charge in [0.05, 0.1) is 0 Å². The summed E-state index contributed by atoms with van der Waals surface area (Å²) in [6, 6.07) is 17.8. The molecule has 18 heavy (non-hydrogen) atoms. The zero-order valence-electron chi connectivity index (χ0n) is 9.55. The van der Waals surface area contributed by atoms with Gasteiger partial charge in [-0.2, -0.15) is 0 Å². The van der Waals surface area contributed by atoms with Gasteiger partial charge in [-0.1, -0.05) is 64.5 Å². The number of rotatable bonds is 3. The molecule has 2 rings (SSSR count). The molecule has 0 spiro atoms. The van der Waals surface area contributed by atoms with Crippen LogP contribution in [0.5, 0.6) is 0 Å². The van der Waals surface area contributed by atoms with Crippen molar-refractivity contribution < 1.29 is 5.11 Å². The van der Waals surface area contributed by atoms with E-state index in [-0.39, 0.29) is 0 Å². The summed E-state index contributed by atoms with van der Waals surface area (Å²) in [4.78, 5) is 0. The van der Waals surface area contributed by atoms with Crippen molar-refractivity contribution in [1.29, 1.82) is 0 Å². The molecule has 0 radical (unpaired) electrons. The zero-order valence-corrected chi connectivity index (χ0v) is 13.3. The maximum atomic E-state index is 10.3. The molecular formula is C15H12BrIO. The molecular weight excluding hydrogens is 403 g/mol. The largest absolute Gasteiger partial charge is 0.383 e. The molecule has 0 bridgehead atoms. The number of benzene rings is 2. The van der Waals surface area contributed by atoms with E-state index >= 15 is 0 Å². The second-order valence-corrected chi connectivity index (χ2v) is 5.94. The SMILES string of the molecule is OC(/C(Br)=C/c1ccccc1)c1ccccc1I. The van der Waals surface area contributed by atoms with E-state index in [1.54, 1.807) is 0 Å². The highest BCUT2D eigenvalue weighted by atomic mass is 127. The molecule has 1 N–H and O–H groups in total. The molecule has 0 aliphatic heterocycles. The Balaban J connectivity index is 2.27. The molecule has 0 aliphatic rings. The van der Waals surface area contributed by atoms with E-state index in [0.717, 1.165) is 19.2 Å². The molecule has 1 nitrogen and oxygen atoms in total. The topological polar surface area (TPSA) is 20.2 Å². The fourth-order valence-corrected chi connectivity index (χ4v) is 2.83. The van der Waals surface area contributed by atoms with Gasteiger partial charge in [0.25, 0.3) is 0 Å². The molecule has 3 heteroatoms. The number of aliphatic hydroxyl groups is 1. The third kappa shape index (κ3) is 3.43. The Morgan fingerprint density at radius 2 is 1.67 bits per heavy atom. The van der Waals surface area contributed by atoms with Gasteiger partial charge in [-0.25, -0.2) is 0 Å². The first-order valence-electron chi connectivity index (χ1n) is 5.53. The fourth-order valence-electron chi connectivity index (χ4n) is 1.63. The molecule has 0 aliphatic carbocycles. The Morgan fingerprint density at radius 1 is 1.06 bits per heavy atom. The minimum Gasteiger partial charge on any atom is -0.383 e. The summed E-state index contributed by atoms with van der Waals surface area (Å²) in [5, 5.41) is 10.3. The summed E-state index contributed by atoms with van der Waals surface area (Å²) in [6.07, 6.45) is 1.31. The van der Waals surface area contributed by atoms with E-state index in [9.17, 15) is 5.11 Å². The van der Waals surface area contributed by atoms with E-state index in [1.807, 2.05) is 60.7 Å². The lowest BCUT2D eigenvalue weighted by Crippen LogP contribution is -1.99. The first-order chi connectivity index (χ1) is 8.68. The molecule has 2 aromatic rings. The van der Waals surface area contributed by atoms with Crippen molar-refractivity contribution >= 4 is 44.6 Å². The molecule has 1 unspecified atom stereocenters. The molecule has 1 atom stereocenters. The lowest BCUT2D eigenvalue weighted by molar-refractivity contribution is 0.225. The second-order valence-electron chi connectivity index (χ2n) is 3.86. The maximum absolute atomic E-state index is 10.3. The summed E-state index contributed by atoms with van der Waals surface area (Å²) in [5.74, 6) is 0. The summed E-state index contributed by atoms with van der Waals surface area (Å²) in [6.45, 7) is 0. The van der Waals surface area contributed by atoms with Gasteiger partial charge in [0.15, 0.2) is 0 Å². The molecule has 0 saturated carbocycles. The van der Waals surface area contributed by atoms with Crippen LogP contribution in [0.1, 0.15) is 17.2 Å². The monoisotopic (exact) mass is 414 g/mol. The van der Waals surface area contributed by atoms with Crippen LogP contribution in [-0.2, 0) is 0 Å². The van der Waals surface area contributed by atoms with Gasteiger partial charge in [0.2, 0.25) is 0 Å². The molecule has 92 valence electrons. The fraction of sp³-hybridized carbons (Fsp3) is 0.0667. The van der Waals surface area contributed by atoms with Gasteiger partial charge in [0.1, 0.15) is 6.10 Å². The molecule has 0 aromatic heterocycles. The van der Waals surface area contributed by atoms with Gasteiger partial charge in [-0.05, 0) is 45.9 Å². The molecule has 0 fully saturated rings. The lowest BCUT2D eigenvalue weighted by atomic mass is 10.1. The van der Waals surface area contributed by atoms with E-state index < -0.39 is 6.10 Å². The van der Waals surface area contributed by atoms with Gasteiger partial charge in [-0.3, -0.25) is 0 Å². The van der Waals surface area contributed by atoms with Crippen molar-refractivity contribution in [2.45, 2.75) is 6.10 Å². The third-order valence-corrected chi connectivity index (χ3v) is 4.21. The Hall–Kier alpha value is -0.650. The average molecular weight is 415 g/mol. The van der Waals surface area contributed by atoms with Gasteiger partial charge >= 0.3 is 0 Å². The highest BCUT2D eigenvalue weighted by Crippen LogP contribution is 2.30. The standard InChI is InChI=1S/C15H12BrIO/c16-13(10-11-6-2-1-3-7-11)15(18)12-8-4-5-9-14(12)17/h1-10,15,18H/b13-10-. The predicted molar refractivity (Wildman–Crippen MR) is 87.5 cm³/mol. The molecule has 0 saturated heterocycles. The van der Waals surface area contributed by atoms with Gasteiger partial charge in [-0.15, -0.1) is 0 Å². The van der Waals surface area contributed by atoms with E-state index in [4.69, 9.17) is 0 Å². The number of hydrogen-bond donors (Lipinski definition) is 1. The van der Waals surface area contributed by atoms with Crippen LogP contribution in [-0.4, -0.2) is 5.11 Å². The zero-order chi connectivity index (χ0) is 13.0. The van der Waals surface area contributed by atoms with Crippen LogP contribution in [0.2, 0.25) is 0 Å².